The van der Waals surface area contributed by atoms with Crippen molar-refractivity contribution in [2.75, 3.05) is 18.8 Å². The number of carbonyl (C=O) groups is 2. The fourth-order valence-corrected chi connectivity index (χ4v) is 2.38. The van der Waals surface area contributed by atoms with E-state index in [1.807, 2.05) is 4.90 Å². The average molecular weight is 215 g/mol. The molecule has 0 aliphatic carbocycles. The molecule has 0 radical (unpaired) electrons. The summed E-state index contributed by atoms with van der Waals surface area (Å²) in [6.45, 7) is 5.35. The van der Waals surface area contributed by atoms with Crippen molar-refractivity contribution in [2.45, 2.75) is 26.7 Å². The van der Waals surface area contributed by atoms with E-state index in [0.717, 1.165) is 25.3 Å². The minimum atomic E-state index is 0.145. The third-order valence-corrected chi connectivity index (χ3v) is 3.36. The van der Waals surface area contributed by atoms with Gasteiger partial charge in [-0.25, -0.2) is 0 Å². The molecule has 14 heavy (non-hydrogen) atoms. The fourth-order valence-electron chi connectivity index (χ4n) is 1.69. The predicted molar refractivity (Wildman–Crippen MR) is 58.1 cm³/mol. The zero-order chi connectivity index (χ0) is 10.6. The second kappa shape index (κ2) is 5.39. The van der Waals surface area contributed by atoms with E-state index in [0.29, 0.717) is 12.3 Å². The lowest BCUT2D eigenvalue weighted by atomic mass is 10.1. The van der Waals surface area contributed by atoms with Crippen LogP contribution in [0, 0.1) is 5.92 Å². The van der Waals surface area contributed by atoms with Crippen molar-refractivity contribution >= 4 is 22.8 Å². The summed E-state index contributed by atoms with van der Waals surface area (Å²) in [5.74, 6) is 1.42. The molecule has 0 bridgehead atoms. The third kappa shape index (κ3) is 3.33. The number of rotatable bonds is 4. The average Bonchev–Trinajstić information content (AvgIpc) is 2.45. The van der Waals surface area contributed by atoms with Crippen molar-refractivity contribution in [2.24, 2.45) is 5.92 Å². The number of amides is 1. The Balaban J connectivity index is 2.31. The van der Waals surface area contributed by atoms with Crippen LogP contribution in [0.3, 0.4) is 0 Å². The molecule has 0 aromatic heterocycles. The molecule has 1 rings (SSSR count). The highest BCUT2D eigenvalue weighted by atomic mass is 32.2. The smallest absolute Gasteiger partial charge is 0.222 e. The summed E-state index contributed by atoms with van der Waals surface area (Å²) in [5.41, 5.74) is 0. The number of likely N-dealkylation sites (tertiary alicyclic amines) is 1. The molecule has 0 aromatic carbocycles. The molecule has 1 aliphatic rings. The molecule has 3 nitrogen and oxygen atoms in total. The molecule has 0 N–H and O–H groups in total. The molecule has 1 fully saturated rings. The van der Waals surface area contributed by atoms with Crippen molar-refractivity contribution in [1.29, 1.82) is 0 Å². The van der Waals surface area contributed by atoms with Crippen LogP contribution in [0.15, 0.2) is 0 Å². The largest absolute Gasteiger partial charge is 0.342 e. The van der Waals surface area contributed by atoms with Crippen molar-refractivity contribution in [3.05, 3.63) is 0 Å². The van der Waals surface area contributed by atoms with Gasteiger partial charge in [0.2, 0.25) is 5.91 Å². The summed E-state index contributed by atoms with van der Waals surface area (Å²) >= 11 is 1.33. The number of carbonyl (C=O) groups excluding carboxylic acids is 2. The number of thioether (sulfide) groups is 1. The second-order valence-electron chi connectivity index (χ2n) is 3.71. The zero-order valence-electron chi connectivity index (χ0n) is 8.78. The SMILES string of the molecule is CCCN1CC(CSC(C)=O)CC1=O. The second-order valence-corrected chi connectivity index (χ2v) is 4.91. The first-order chi connectivity index (χ1) is 6.63. The van der Waals surface area contributed by atoms with Crippen LogP contribution >= 0.6 is 11.8 Å². The molecular formula is C10H17NO2S. The Morgan fingerprint density at radius 2 is 2.36 bits per heavy atom. The van der Waals surface area contributed by atoms with Crippen molar-refractivity contribution in [3.8, 4) is 0 Å². The summed E-state index contributed by atoms with van der Waals surface area (Å²) in [6.07, 6.45) is 1.64. The van der Waals surface area contributed by atoms with Gasteiger partial charge < -0.3 is 4.90 Å². The summed E-state index contributed by atoms with van der Waals surface area (Å²) in [7, 11) is 0. The zero-order valence-corrected chi connectivity index (χ0v) is 9.60. The Morgan fingerprint density at radius 3 is 2.93 bits per heavy atom. The molecule has 1 unspecified atom stereocenters. The van der Waals surface area contributed by atoms with Crippen LogP contribution in [-0.4, -0.2) is 34.8 Å². The highest BCUT2D eigenvalue weighted by molar-refractivity contribution is 8.13. The predicted octanol–water partition coefficient (Wildman–Crippen LogP) is 1.52. The van der Waals surface area contributed by atoms with Crippen LogP contribution in [0.4, 0.5) is 0 Å². The molecular weight excluding hydrogens is 198 g/mol. The van der Waals surface area contributed by atoms with Gasteiger partial charge in [0.1, 0.15) is 0 Å². The van der Waals surface area contributed by atoms with Crippen molar-refractivity contribution < 1.29 is 9.59 Å². The molecule has 80 valence electrons. The minimum absolute atomic E-state index is 0.145. The van der Waals surface area contributed by atoms with E-state index < -0.39 is 0 Å². The molecule has 1 aliphatic heterocycles. The van der Waals surface area contributed by atoms with E-state index >= 15 is 0 Å². The van der Waals surface area contributed by atoms with Gasteiger partial charge in [-0.2, -0.15) is 0 Å². The van der Waals surface area contributed by atoms with Gasteiger partial charge >= 0.3 is 0 Å². The van der Waals surface area contributed by atoms with Gasteiger partial charge in [-0.1, -0.05) is 18.7 Å². The lowest BCUT2D eigenvalue weighted by molar-refractivity contribution is -0.127. The van der Waals surface area contributed by atoms with Crippen LogP contribution in [0.2, 0.25) is 0 Å². The van der Waals surface area contributed by atoms with Gasteiger partial charge in [-0.3, -0.25) is 9.59 Å². The van der Waals surface area contributed by atoms with Gasteiger partial charge in [0, 0.05) is 32.2 Å². The first kappa shape index (κ1) is 11.6. The number of hydrogen-bond donors (Lipinski definition) is 0. The van der Waals surface area contributed by atoms with E-state index in [1.54, 1.807) is 6.92 Å². The topological polar surface area (TPSA) is 37.4 Å². The highest BCUT2D eigenvalue weighted by Gasteiger charge is 2.28. The minimum Gasteiger partial charge on any atom is -0.342 e. The maximum Gasteiger partial charge on any atom is 0.222 e. The molecule has 1 saturated heterocycles. The summed E-state index contributed by atoms with van der Waals surface area (Å²) in [6, 6.07) is 0. The van der Waals surface area contributed by atoms with Crippen molar-refractivity contribution in [3.63, 3.8) is 0 Å². The first-order valence-corrected chi connectivity index (χ1v) is 6.03. The molecule has 1 atom stereocenters. The monoisotopic (exact) mass is 215 g/mol. The maximum atomic E-state index is 11.5. The summed E-state index contributed by atoms with van der Waals surface area (Å²) in [5, 5.41) is 0.145. The first-order valence-electron chi connectivity index (χ1n) is 5.04. The van der Waals surface area contributed by atoms with Crippen LogP contribution < -0.4 is 0 Å². The lowest BCUT2D eigenvalue weighted by Crippen LogP contribution is -2.26. The Morgan fingerprint density at radius 1 is 1.64 bits per heavy atom. The molecule has 1 amide bonds. The lowest BCUT2D eigenvalue weighted by Gasteiger charge is -2.14. The van der Waals surface area contributed by atoms with E-state index in [4.69, 9.17) is 0 Å². The molecule has 0 saturated carbocycles. The number of nitrogens with zero attached hydrogens (tertiary/aromatic N) is 1. The Hall–Kier alpha value is -0.510. The van der Waals surface area contributed by atoms with E-state index in [9.17, 15) is 9.59 Å². The van der Waals surface area contributed by atoms with Crippen LogP contribution in [0.1, 0.15) is 26.7 Å². The Bertz CT molecular complexity index is 230. The fraction of sp³-hybridized carbons (Fsp3) is 0.800. The van der Waals surface area contributed by atoms with E-state index in [1.165, 1.54) is 11.8 Å². The van der Waals surface area contributed by atoms with Gasteiger partial charge in [0.05, 0.1) is 0 Å². The summed E-state index contributed by atoms with van der Waals surface area (Å²) in [4.78, 5) is 24.1. The Labute approximate surface area is 89.2 Å². The van der Waals surface area contributed by atoms with Gasteiger partial charge in [0.15, 0.2) is 5.12 Å². The molecule has 1 heterocycles. The van der Waals surface area contributed by atoms with Gasteiger partial charge in [-0.15, -0.1) is 0 Å². The third-order valence-electron chi connectivity index (χ3n) is 2.31. The number of hydrogen-bond acceptors (Lipinski definition) is 3. The highest BCUT2D eigenvalue weighted by Crippen LogP contribution is 2.22. The Kier molecular flexibility index (Phi) is 4.45. The molecule has 0 spiro atoms. The molecule has 4 heteroatoms. The van der Waals surface area contributed by atoms with Gasteiger partial charge in [0.25, 0.3) is 0 Å². The van der Waals surface area contributed by atoms with E-state index in [2.05, 4.69) is 6.92 Å². The molecule has 0 aromatic rings. The summed E-state index contributed by atoms with van der Waals surface area (Å²) < 4.78 is 0. The standard InChI is InChI=1S/C10H17NO2S/c1-3-4-11-6-9(5-10(11)13)7-14-8(2)12/h9H,3-7H2,1-2H3. The maximum absolute atomic E-state index is 11.5. The quantitative estimate of drug-likeness (QED) is 0.713. The van der Waals surface area contributed by atoms with Gasteiger partial charge in [-0.05, 0) is 12.3 Å². The van der Waals surface area contributed by atoms with Crippen LogP contribution in [-0.2, 0) is 9.59 Å². The van der Waals surface area contributed by atoms with Crippen LogP contribution in [0.25, 0.3) is 0 Å². The van der Waals surface area contributed by atoms with Crippen molar-refractivity contribution in [1.82, 2.24) is 4.90 Å². The van der Waals surface area contributed by atoms with E-state index in [-0.39, 0.29) is 11.0 Å². The van der Waals surface area contributed by atoms with Crippen LogP contribution in [0.5, 0.6) is 0 Å². The normalized spacial score (nSPS) is 21.7.